The molecule has 0 bridgehead atoms. The zero-order valence-electron chi connectivity index (χ0n) is 9.15. The fourth-order valence-corrected chi connectivity index (χ4v) is 2.97. The van der Waals surface area contributed by atoms with Crippen LogP contribution in [-0.4, -0.2) is 10.1 Å². The van der Waals surface area contributed by atoms with E-state index in [1.54, 1.807) is 6.07 Å². The number of nitrogens with zero attached hydrogens (tertiary/aromatic N) is 1. The predicted octanol–water partition coefficient (Wildman–Crippen LogP) is 3.63. The fraction of sp³-hybridized carbons (Fsp3) is 0.250. The number of thiazole rings is 1. The molecule has 0 saturated carbocycles. The molecule has 1 aromatic heterocycles. The first-order valence-electron chi connectivity index (χ1n) is 5.10. The van der Waals surface area contributed by atoms with Crippen LogP contribution in [0.5, 0.6) is 0 Å². The van der Waals surface area contributed by atoms with Gasteiger partial charge in [0.1, 0.15) is 5.82 Å². The molecule has 0 radical (unpaired) electrons. The lowest BCUT2D eigenvalue weighted by Gasteiger charge is -2.11. The van der Waals surface area contributed by atoms with Crippen molar-refractivity contribution in [2.45, 2.75) is 19.4 Å². The van der Waals surface area contributed by atoms with E-state index in [0.29, 0.717) is 16.5 Å². The second-order valence-electron chi connectivity index (χ2n) is 3.77. The maximum Gasteiger partial charge on any atom is 0.124 e. The Morgan fingerprint density at radius 1 is 1.53 bits per heavy atom. The Morgan fingerprint density at radius 3 is 2.88 bits per heavy atom. The summed E-state index contributed by atoms with van der Waals surface area (Å²) in [6.07, 6.45) is -0.224. The van der Waals surface area contributed by atoms with Crippen molar-refractivity contribution in [1.29, 1.82) is 0 Å². The molecule has 2 aromatic rings. The highest BCUT2D eigenvalue weighted by Gasteiger charge is 2.14. The maximum absolute atomic E-state index is 12.9. The average molecular weight is 316 g/mol. The van der Waals surface area contributed by atoms with Crippen molar-refractivity contribution in [2.75, 3.05) is 0 Å². The molecular formula is C12H11BrFNOS. The number of rotatable bonds is 3. The lowest BCUT2D eigenvalue weighted by molar-refractivity contribution is 0.177. The summed E-state index contributed by atoms with van der Waals surface area (Å²) in [6, 6.07) is 4.28. The highest BCUT2D eigenvalue weighted by molar-refractivity contribution is 9.10. The van der Waals surface area contributed by atoms with Crippen molar-refractivity contribution in [2.24, 2.45) is 0 Å². The van der Waals surface area contributed by atoms with E-state index >= 15 is 0 Å². The van der Waals surface area contributed by atoms with Gasteiger partial charge in [0, 0.05) is 22.0 Å². The van der Waals surface area contributed by atoms with Gasteiger partial charge in [0.15, 0.2) is 0 Å². The molecule has 17 heavy (non-hydrogen) atoms. The van der Waals surface area contributed by atoms with Crippen molar-refractivity contribution in [3.63, 3.8) is 0 Å². The monoisotopic (exact) mass is 315 g/mol. The van der Waals surface area contributed by atoms with Crippen LogP contribution in [0.15, 0.2) is 28.1 Å². The number of aromatic nitrogens is 1. The van der Waals surface area contributed by atoms with Gasteiger partial charge < -0.3 is 5.11 Å². The van der Waals surface area contributed by atoms with Crippen molar-refractivity contribution in [1.82, 2.24) is 4.98 Å². The predicted molar refractivity (Wildman–Crippen MR) is 69.6 cm³/mol. The molecule has 0 aliphatic rings. The quantitative estimate of drug-likeness (QED) is 0.938. The number of aryl methyl sites for hydroxylation is 1. The third kappa shape index (κ3) is 3.12. The van der Waals surface area contributed by atoms with Crippen LogP contribution in [0.1, 0.15) is 22.4 Å². The summed E-state index contributed by atoms with van der Waals surface area (Å²) in [5.74, 6) is -0.321. The van der Waals surface area contributed by atoms with Crippen LogP contribution >= 0.6 is 27.3 Å². The molecule has 0 aliphatic heterocycles. The lowest BCUT2D eigenvalue weighted by Crippen LogP contribution is -2.02. The Hall–Kier alpha value is -0.780. The van der Waals surface area contributed by atoms with Crippen molar-refractivity contribution < 1.29 is 9.50 Å². The molecule has 1 aromatic carbocycles. The highest BCUT2D eigenvalue weighted by atomic mass is 79.9. The zero-order chi connectivity index (χ0) is 12.4. The third-order valence-corrected chi connectivity index (χ3v) is 4.03. The molecule has 0 saturated heterocycles. The van der Waals surface area contributed by atoms with Gasteiger partial charge in [-0.15, -0.1) is 11.3 Å². The van der Waals surface area contributed by atoms with Crippen LogP contribution in [0, 0.1) is 12.7 Å². The van der Waals surface area contributed by atoms with Crippen LogP contribution in [0.3, 0.4) is 0 Å². The van der Waals surface area contributed by atoms with Crippen molar-refractivity contribution in [3.05, 3.63) is 50.1 Å². The summed E-state index contributed by atoms with van der Waals surface area (Å²) in [5, 5.41) is 12.9. The Kier molecular flexibility index (Phi) is 3.91. The van der Waals surface area contributed by atoms with Crippen LogP contribution in [0.2, 0.25) is 0 Å². The topological polar surface area (TPSA) is 33.1 Å². The van der Waals surface area contributed by atoms with Crippen LogP contribution in [0.25, 0.3) is 0 Å². The maximum atomic E-state index is 12.9. The molecule has 0 fully saturated rings. The van der Waals surface area contributed by atoms with E-state index < -0.39 is 6.10 Å². The van der Waals surface area contributed by atoms with Crippen LogP contribution in [-0.2, 0) is 6.42 Å². The number of aliphatic hydroxyl groups excluding tert-OH is 1. The number of halogens is 2. The molecule has 0 amide bonds. The van der Waals surface area contributed by atoms with Crippen molar-refractivity contribution >= 4 is 27.3 Å². The molecule has 0 spiro atoms. The SMILES string of the molecule is Cc1csc(CC(O)c2ccc(F)cc2Br)n1. The van der Waals surface area contributed by atoms with Crippen molar-refractivity contribution in [3.8, 4) is 0 Å². The van der Waals surface area contributed by atoms with Gasteiger partial charge >= 0.3 is 0 Å². The summed E-state index contributed by atoms with van der Waals surface area (Å²) >= 11 is 4.77. The number of aliphatic hydroxyl groups is 1. The van der Waals surface area contributed by atoms with E-state index in [9.17, 15) is 9.50 Å². The first kappa shape index (κ1) is 12.7. The zero-order valence-corrected chi connectivity index (χ0v) is 11.6. The van der Waals surface area contributed by atoms with Gasteiger partial charge in [-0.05, 0) is 24.6 Å². The van der Waals surface area contributed by atoms with E-state index in [1.807, 2.05) is 12.3 Å². The van der Waals surface area contributed by atoms with E-state index in [1.165, 1.54) is 23.5 Å². The minimum Gasteiger partial charge on any atom is -0.388 e. The Morgan fingerprint density at radius 2 is 2.29 bits per heavy atom. The van der Waals surface area contributed by atoms with Gasteiger partial charge in [-0.3, -0.25) is 0 Å². The van der Waals surface area contributed by atoms with E-state index in [2.05, 4.69) is 20.9 Å². The summed E-state index contributed by atoms with van der Waals surface area (Å²) in [7, 11) is 0. The Bertz CT molecular complexity index is 529. The number of hydrogen-bond donors (Lipinski definition) is 1. The summed E-state index contributed by atoms with van der Waals surface area (Å²) in [5.41, 5.74) is 1.63. The molecule has 0 aliphatic carbocycles. The molecule has 1 unspecified atom stereocenters. The fourth-order valence-electron chi connectivity index (χ4n) is 1.54. The van der Waals surface area contributed by atoms with Crippen LogP contribution in [0.4, 0.5) is 4.39 Å². The van der Waals surface area contributed by atoms with E-state index in [4.69, 9.17) is 0 Å². The van der Waals surface area contributed by atoms with E-state index in [0.717, 1.165) is 10.7 Å². The van der Waals surface area contributed by atoms with Gasteiger partial charge in [-0.2, -0.15) is 0 Å². The van der Waals surface area contributed by atoms with Gasteiger partial charge in [0.25, 0.3) is 0 Å². The molecule has 1 atom stereocenters. The van der Waals surface area contributed by atoms with Gasteiger partial charge in [0.2, 0.25) is 0 Å². The molecule has 90 valence electrons. The normalized spacial score (nSPS) is 12.7. The standard InChI is InChI=1S/C12H11BrFNOS/c1-7-6-17-12(15-7)5-11(16)9-3-2-8(14)4-10(9)13/h2-4,6,11,16H,5H2,1H3. The van der Waals surface area contributed by atoms with Crippen LogP contribution < -0.4 is 0 Å². The minimum atomic E-state index is -0.671. The molecular weight excluding hydrogens is 305 g/mol. The van der Waals surface area contributed by atoms with Gasteiger partial charge in [-0.1, -0.05) is 22.0 Å². The first-order chi connectivity index (χ1) is 8.06. The Balaban J connectivity index is 2.17. The first-order valence-corrected chi connectivity index (χ1v) is 6.77. The van der Waals surface area contributed by atoms with Gasteiger partial charge in [-0.25, -0.2) is 9.37 Å². The number of benzene rings is 1. The minimum absolute atomic E-state index is 0.321. The lowest BCUT2D eigenvalue weighted by atomic mass is 10.1. The highest BCUT2D eigenvalue weighted by Crippen LogP contribution is 2.27. The molecule has 1 heterocycles. The molecule has 1 N–H and O–H groups in total. The second kappa shape index (κ2) is 5.25. The summed E-state index contributed by atoms with van der Waals surface area (Å²) in [4.78, 5) is 4.29. The molecule has 2 nitrogen and oxygen atoms in total. The smallest absolute Gasteiger partial charge is 0.124 e. The second-order valence-corrected chi connectivity index (χ2v) is 5.57. The van der Waals surface area contributed by atoms with E-state index in [-0.39, 0.29) is 5.82 Å². The largest absolute Gasteiger partial charge is 0.388 e. The van der Waals surface area contributed by atoms with Gasteiger partial charge in [0.05, 0.1) is 11.1 Å². The average Bonchev–Trinajstić information content (AvgIpc) is 2.63. The third-order valence-electron chi connectivity index (χ3n) is 2.36. The summed E-state index contributed by atoms with van der Waals surface area (Å²) < 4.78 is 13.5. The molecule has 5 heteroatoms. The Labute approximate surface area is 111 Å². The number of hydrogen-bond acceptors (Lipinski definition) is 3. The summed E-state index contributed by atoms with van der Waals surface area (Å²) in [6.45, 7) is 1.92. The molecule has 2 rings (SSSR count).